The zero-order valence-electron chi connectivity index (χ0n) is 16.6. The summed E-state index contributed by atoms with van der Waals surface area (Å²) in [5.74, 6) is 1.29. The first kappa shape index (κ1) is 24.7. The summed E-state index contributed by atoms with van der Waals surface area (Å²) in [4.78, 5) is 6.52. The van der Waals surface area contributed by atoms with Crippen LogP contribution in [-0.2, 0) is 13.1 Å². The first-order valence-electron chi connectivity index (χ1n) is 8.82. The second kappa shape index (κ2) is 12.3. The molecule has 160 valence electrons. The minimum absolute atomic E-state index is 0. The van der Waals surface area contributed by atoms with Gasteiger partial charge >= 0.3 is 6.61 Å². The molecule has 0 fully saturated rings. The summed E-state index contributed by atoms with van der Waals surface area (Å²) in [5, 5.41) is 13.1. The van der Waals surface area contributed by atoms with Crippen LogP contribution >= 0.6 is 24.0 Å². The number of ether oxygens (including phenoxy) is 2. The van der Waals surface area contributed by atoms with Gasteiger partial charge < -0.3 is 24.8 Å². The van der Waals surface area contributed by atoms with Gasteiger partial charge in [-0.15, -0.1) is 24.0 Å². The van der Waals surface area contributed by atoms with Crippen LogP contribution in [0.25, 0.3) is 0 Å². The summed E-state index contributed by atoms with van der Waals surface area (Å²) in [6, 6.07) is 11.7. The highest BCUT2D eigenvalue weighted by atomic mass is 127. The van der Waals surface area contributed by atoms with Crippen molar-refractivity contribution < 1.29 is 23.4 Å². The van der Waals surface area contributed by atoms with Crippen LogP contribution in [0.3, 0.4) is 0 Å². The van der Waals surface area contributed by atoms with Gasteiger partial charge in [-0.25, -0.2) is 4.99 Å². The molecule has 0 heterocycles. The number of halogens is 3. The van der Waals surface area contributed by atoms with Crippen molar-refractivity contribution in [1.82, 2.24) is 10.2 Å². The number of alkyl halides is 2. The van der Waals surface area contributed by atoms with Crippen LogP contribution < -0.4 is 14.8 Å². The van der Waals surface area contributed by atoms with Crippen molar-refractivity contribution in [3.8, 4) is 17.2 Å². The SMILES string of the molecule is CCNC(=NCc1ccc(OC)c(O)c1)N(C)Cc1ccc(OC(F)F)cc1.I. The topological polar surface area (TPSA) is 66.3 Å². The van der Waals surface area contributed by atoms with Gasteiger partial charge in [0.05, 0.1) is 13.7 Å². The van der Waals surface area contributed by atoms with Crippen LogP contribution in [0.4, 0.5) is 8.78 Å². The third-order valence-corrected chi connectivity index (χ3v) is 3.92. The van der Waals surface area contributed by atoms with Crippen molar-refractivity contribution in [2.45, 2.75) is 26.6 Å². The molecule has 2 aromatic carbocycles. The van der Waals surface area contributed by atoms with Gasteiger partial charge in [-0.3, -0.25) is 0 Å². The Labute approximate surface area is 186 Å². The molecule has 0 atom stereocenters. The average Bonchev–Trinajstić information content (AvgIpc) is 2.66. The fourth-order valence-electron chi connectivity index (χ4n) is 2.59. The molecular formula is C20H26F2IN3O3. The number of hydrogen-bond donors (Lipinski definition) is 2. The molecule has 0 bridgehead atoms. The molecule has 0 aliphatic carbocycles. The Hall–Kier alpha value is -2.30. The van der Waals surface area contributed by atoms with E-state index in [9.17, 15) is 13.9 Å². The lowest BCUT2D eigenvalue weighted by atomic mass is 10.2. The molecular weight excluding hydrogens is 495 g/mol. The molecule has 2 aromatic rings. The van der Waals surface area contributed by atoms with Gasteiger partial charge in [-0.1, -0.05) is 18.2 Å². The summed E-state index contributed by atoms with van der Waals surface area (Å²) in [5.41, 5.74) is 1.77. The molecule has 0 unspecified atom stereocenters. The van der Waals surface area contributed by atoms with E-state index < -0.39 is 6.61 Å². The van der Waals surface area contributed by atoms with E-state index in [-0.39, 0.29) is 35.5 Å². The number of nitrogens with zero attached hydrogens (tertiary/aromatic N) is 2. The number of aliphatic imine (C=N–C) groups is 1. The van der Waals surface area contributed by atoms with Gasteiger partial charge in [0.1, 0.15) is 5.75 Å². The molecule has 0 amide bonds. The summed E-state index contributed by atoms with van der Waals surface area (Å²) >= 11 is 0. The smallest absolute Gasteiger partial charge is 0.387 e. The fourth-order valence-corrected chi connectivity index (χ4v) is 2.59. The summed E-state index contributed by atoms with van der Waals surface area (Å²) < 4.78 is 33.9. The molecule has 9 heteroatoms. The van der Waals surface area contributed by atoms with Crippen molar-refractivity contribution in [2.75, 3.05) is 20.7 Å². The summed E-state index contributed by atoms with van der Waals surface area (Å²) in [6.45, 7) is 0.746. The van der Waals surface area contributed by atoms with Gasteiger partial charge in [0.25, 0.3) is 0 Å². The van der Waals surface area contributed by atoms with Gasteiger partial charge in [-0.05, 0) is 42.3 Å². The van der Waals surface area contributed by atoms with Crippen LogP contribution in [0.2, 0.25) is 0 Å². The number of rotatable bonds is 8. The summed E-state index contributed by atoms with van der Waals surface area (Å²) in [6.07, 6.45) is 0. The second-order valence-electron chi connectivity index (χ2n) is 6.05. The van der Waals surface area contributed by atoms with Crippen LogP contribution in [0.5, 0.6) is 17.2 Å². The Balaban J connectivity index is 0.00000420. The Morgan fingerprint density at radius 1 is 1.17 bits per heavy atom. The quantitative estimate of drug-likeness (QED) is 0.310. The lowest BCUT2D eigenvalue weighted by Crippen LogP contribution is -2.38. The molecule has 0 aromatic heterocycles. The number of nitrogens with one attached hydrogen (secondary N) is 1. The van der Waals surface area contributed by atoms with Crippen molar-refractivity contribution in [2.24, 2.45) is 4.99 Å². The van der Waals surface area contributed by atoms with Gasteiger partial charge in [0, 0.05) is 20.1 Å². The number of aromatic hydroxyl groups is 1. The highest BCUT2D eigenvalue weighted by molar-refractivity contribution is 14.0. The summed E-state index contributed by atoms with van der Waals surface area (Å²) in [7, 11) is 3.38. The average molecular weight is 521 g/mol. The molecule has 0 saturated heterocycles. The zero-order chi connectivity index (χ0) is 20.5. The third-order valence-electron chi connectivity index (χ3n) is 3.92. The Kier molecular flexibility index (Phi) is 10.5. The van der Waals surface area contributed by atoms with Crippen LogP contribution in [0.15, 0.2) is 47.5 Å². The number of guanidine groups is 1. The minimum atomic E-state index is -2.83. The van der Waals surface area contributed by atoms with Gasteiger partial charge in [0.15, 0.2) is 17.5 Å². The van der Waals surface area contributed by atoms with Gasteiger partial charge in [0.2, 0.25) is 0 Å². The van der Waals surface area contributed by atoms with Crippen molar-refractivity contribution >= 4 is 29.9 Å². The van der Waals surface area contributed by atoms with E-state index in [1.54, 1.807) is 24.3 Å². The molecule has 6 nitrogen and oxygen atoms in total. The highest BCUT2D eigenvalue weighted by Crippen LogP contribution is 2.26. The van der Waals surface area contributed by atoms with Crippen LogP contribution in [0.1, 0.15) is 18.1 Å². The highest BCUT2D eigenvalue weighted by Gasteiger charge is 2.09. The molecule has 2 rings (SSSR count). The van der Waals surface area contributed by atoms with E-state index in [2.05, 4.69) is 15.0 Å². The van der Waals surface area contributed by atoms with Crippen LogP contribution in [0, 0.1) is 0 Å². The van der Waals surface area contributed by atoms with Gasteiger partial charge in [-0.2, -0.15) is 8.78 Å². The Bertz CT molecular complexity index is 789. The lowest BCUT2D eigenvalue weighted by Gasteiger charge is -2.22. The van der Waals surface area contributed by atoms with Crippen LogP contribution in [-0.4, -0.2) is 43.3 Å². The molecule has 0 aliphatic heterocycles. The number of methoxy groups -OCH3 is 1. The number of hydrogen-bond acceptors (Lipinski definition) is 4. The zero-order valence-corrected chi connectivity index (χ0v) is 18.9. The number of benzene rings is 2. The van der Waals surface area contributed by atoms with E-state index in [0.717, 1.165) is 11.1 Å². The third kappa shape index (κ3) is 7.92. The first-order chi connectivity index (χ1) is 13.4. The first-order valence-corrected chi connectivity index (χ1v) is 8.82. The maximum Gasteiger partial charge on any atom is 0.387 e. The van der Waals surface area contributed by atoms with E-state index in [4.69, 9.17) is 4.74 Å². The maximum absolute atomic E-state index is 12.2. The standard InChI is InChI=1S/C20H25F2N3O3.HI/c1-4-23-20(24-12-15-7-10-18(27-3)17(26)11-15)25(2)13-14-5-8-16(9-6-14)28-19(21)22;/h5-11,19,26H,4,12-13H2,1-3H3,(H,23,24);1H. The predicted octanol–water partition coefficient (Wildman–Crippen LogP) is 4.22. The second-order valence-corrected chi connectivity index (χ2v) is 6.05. The largest absolute Gasteiger partial charge is 0.504 e. The molecule has 0 saturated carbocycles. The molecule has 0 spiro atoms. The molecule has 0 radical (unpaired) electrons. The normalized spacial score (nSPS) is 11.0. The van der Waals surface area contributed by atoms with E-state index >= 15 is 0 Å². The van der Waals surface area contributed by atoms with E-state index in [1.807, 2.05) is 24.9 Å². The minimum Gasteiger partial charge on any atom is -0.504 e. The Morgan fingerprint density at radius 2 is 1.83 bits per heavy atom. The van der Waals surface area contributed by atoms with Crippen molar-refractivity contribution in [3.05, 3.63) is 53.6 Å². The van der Waals surface area contributed by atoms with E-state index in [1.165, 1.54) is 19.2 Å². The Morgan fingerprint density at radius 3 is 2.38 bits per heavy atom. The molecule has 2 N–H and O–H groups in total. The predicted molar refractivity (Wildman–Crippen MR) is 119 cm³/mol. The molecule has 0 aliphatic rings. The van der Waals surface area contributed by atoms with Crippen molar-refractivity contribution in [3.63, 3.8) is 0 Å². The number of phenolic OH excluding ortho intramolecular Hbond substituents is 1. The monoisotopic (exact) mass is 521 g/mol. The lowest BCUT2D eigenvalue weighted by molar-refractivity contribution is -0.0498. The number of phenols is 1. The fraction of sp³-hybridized carbons (Fsp3) is 0.350. The van der Waals surface area contributed by atoms with E-state index in [0.29, 0.717) is 31.3 Å². The molecule has 29 heavy (non-hydrogen) atoms. The maximum atomic E-state index is 12.2. The van der Waals surface area contributed by atoms with Crippen molar-refractivity contribution in [1.29, 1.82) is 0 Å².